The van der Waals surface area contributed by atoms with Crippen LogP contribution < -0.4 is 5.32 Å². The molecular formula is C11H19NO9. The zero-order valence-corrected chi connectivity index (χ0v) is 11.2. The third-order valence-electron chi connectivity index (χ3n) is 3.21. The molecule has 0 radical (unpaired) electrons. The van der Waals surface area contributed by atoms with Crippen molar-refractivity contribution in [2.24, 2.45) is 0 Å². The second-order valence-corrected chi connectivity index (χ2v) is 4.91. The predicted octanol–water partition coefficient (Wildman–Crippen LogP) is -3.87. The van der Waals surface area contributed by atoms with Gasteiger partial charge in [0, 0.05) is 13.3 Å². The molecule has 122 valence electrons. The number of hydrogen-bond donors (Lipinski definition) is 7. The van der Waals surface area contributed by atoms with Gasteiger partial charge in [0.15, 0.2) is 0 Å². The molecule has 0 aromatic rings. The molecule has 21 heavy (non-hydrogen) atoms. The van der Waals surface area contributed by atoms with E-state index >= 15 is 0 Å². The molecule has 0 unspecified atom stereocenters. The van der Waals surface area contributed by atoms with Crippen molar-refractivity contribution in [2.75, 3.05) is 6.61 Å². The van der Waals surface area contributed by atoms with Crippen molar-refractivity contribution < 1.29 is 45.0 Å². The van der Waals surface area contributed by atoms with Crippen LogP contribution in [0.15, 0.2) is 0 Å². The number of carbonyl (C=O) groups is 2. The first-order valence-corrected chi connectivity index (χ1v) is 6.18. The summed E-state index contributed by atoms with van der Waals surface area (Å²) in [4.78, 5) is 22.1. The molecule has 6 atom stereocenters. The van der Waals surface area contributed by atoms with E-state index in [9.17, 15) is 30.0 Å². The lowest BCUT2D eigenvalue weighted by Gasteiger charge is -2.44. The average Bonchev–Trinajstić information content (AvgIpc) is 2.39. The van der Waals surface area contributed by atoms with Crippen molar-refractivity contribution in [3.05, 3.63) is 0 Å². The van der Waals surface area contributed by atoms with Gasteiger partial charge in [-0.3, -0.25) is 4.79 Å². The molecule has 1 aliphatic heterocycles. The minimum absolute atomic E-state index is 0.598. The molecular weight excluding hydrogens is 290 g/mol. The summed E-state index contributed by atoms with van der Waals surface area (Å²) in [7, 11) is 0. The van der Waals surface area contributed by atoms with E-state index in [4.69, 9.17) is 14.9 Å². The normalized spacial score (nSPS) is 35.8. The number of aliphatic carboxylic acids is 1. The fourth-order valence-corrected chi connectivity index (χ4v) is 2.14. The van der Waals surface area contributed by atoms with Gasteiger partial charge in [-0.05, 0) is 0 Å². The number of hydrogen-bond acceptors (Lipinski definition) is 8. The van der Waals surface area contributed by atoms with Gasteiger partial charge >= 0.3 is 5.97 Å². The van der Waals surface area contributed by atoms with E-state index in [0.29, 0.717) is 0 Å². The quantitative estimate of drug-likeness (QED) is 0.268. The fraction of sp³-hybridized carbons (Fsp3) is 0.818. The van der Waals surface area contributed by atoms with Crippen LogP contribution in [0, 0.1) is 0 Å². The molecule has 0 spiro atoms. The minimum atomic E-state index is -2.78. The van der Waals surface area contributed by atoms with E-state index in [1.807, 2.05) is 0 Å². The number of nitrogens with one attached hydrogen (secondary N) is 1. The molecule has 1 amide bonds. The lowest BCUT2D eigenvalue weighted by atomic mass is 9.88. The van der Waals surface area contributed by atoms with Crippen LogP contribution in [0.2, 0.25) is 0 Å². The van der Waals surface area contributed by atoms with Gasteiger partial charge in [0.1, 0.15) is 18.3 Å². The summed E-state index contributed by atoms with van der Waals surface area (Å²) in [6.45, 7) is 0.256. The highest BCUT2D eigenvalue weighted by molar-refractivity contribution is 5.76. The molecule has 1 heterocycles. The summed E-state index contributed by atoms with van der Waals surface area (Å²) in [5.41, 5.74) is 0. The summed E-state index contributed by atoms with van der Waals surface area (Å²) in [5.74, 6) is -5.17. The van der Waals surface area contributed by atoms with Crippen LogP contribution in [0.25, 0.3) is 0 Å². The predicted molar refractivity (Wildman–Crippen MR) is 64.8 cm³/mol. The molecule has 0 saturated carbocycles. The molecule has 1 saturated heterocycles. The molecule has 0 aliphatic carbocycles. The first-order chi connectivity index (χ1) is 9.62. The second-order valence-electron chi connectivity index (χ2n) is 4.91. The molecule has 1 rings (SSSR count). The Morgan fingerprint density at radius 2 is 2.00 bits per heavy atom. The van der Waals surface area contributed by atoms with E-state index in [0.717, 1.165) is 6.92 Å². The van der Waals surface area contributed by atoms with Gasteiger partial charge in [0.05, 0.1) is 18.8 Å². The van der Waals surface area contributed by atoms with Crippen LogP contribution in [-0.2, 0) is 14.3 Å². The van der Waals surface area contributed by atoms with Crippen LogP contribution in [0.1, 0.15) is 13.3 Å². The number of carbonyl (C=O) groups excluding carboxylic acids is 1. The Labute approximate surface area is 119 Å². The Kier molecular flexibility index (Phi) is 5.61. The molecule has 1 aliphatic rings. The van der Waals surface area contributed by atoms with Crippen LogP contribution in [0.5, 0.6) is 0 Å². The number of carboxylic acids is 1. The topological polar surface area (TPSA) is 177 Å². The Bertz CT molecular complexity index is 403. The third-order valence-corrected chi connectivity index (χ3v) is 3.21. The van der Waals surface area contributed by atoms with Crippen LogP contribution >= 0.6 is 0 Å². The maximum Gasteiger partial charge on any atom is 0.364 e. The van der Waals surface area contributed by atoms with Crippen LogP contribution in [-0.4, -0.2) is 85.4 Å². The summed E-state index contributed by atoms with van der Waals surface area (Å²) in [5, 5.41) is 59.0. The number of aliphatic hydroxyl groups excluding tert-OH is 4. The molecule has 7 N–H and O–H groups in total. The largest absolute Gasteiger partial charge is 0.477 e. The zero-order valence-electron chi connectivity index (χ0n) is 11.2. The van der Waals surface area contributed by atoms with Crippen molar-refractivity contribution in [2.45, 2.75) is 49.6 Å². The van der Waals surface area contributed by atoms with E-state index < -0.39 is 61.1 Å². The first-order valence-electron chi connectivity index (χ1n) is 6.18. The van der Waals surface area contributed by atoms with Crippen molar-refractivity contribution in [3.63, 3.8) is 0 Å². The van der Waals surface area contributed by atoms with Crippen molar-refractivity contribution in [1.29, 1.82) is 0 Å². The van der Waals surface area contributed by atoms with E-state index in [1.54, 1.807) is 0 Å². The second kappa shape index (κ2) is 6.64. The summed E-state index contributed by atoms with van der Waals surface area (Å²) in [6, 6.07) is -1.27. The van der Waals surface area contributed by atoms with Gasteiger partial charge in [-0.1, -0.05) is 0 Å². The molecule has 0 aromatic carbocycles. The Morgan fingerprint density at radius 1 is 1.43 bits per heavy atom. The lowest BCUT2D eigenvalue weighted by Crippen LogP contribution is -2.67. The molecule has 10 heteroatoms. The number of amides is 1. The van der Waals surface area contributed by atoms with Crippen molar-refractivity contribution >= 4 is 11.9 Å². The third kappa shape index (κ3) is 3.87. The highest BCUT2D eigenvalue weighted by atomic mass is 16.7. The molecule has 10 nitrogen and oxygen atoms in total. The van der Waals surface area contributed by atoms with Crippen molar-refractivity contribution in [3.8, 4) is 0 Å². The smallest absolute Gasteiger partial charge is 0.364 e. The summed E-state index contributed by atoms with van der Waals surface area (Å²) < 4.78 is 4.86. The summed E-state index contributed by atoms with van der Waals surface area (Å²) in [6.07, 6.45) is -7.48. The van der Waals surface area contributed by atoms with E-state index in [2.05, 4.69) is 5.32 Å². The standard InChI is InChI=1S/C11H19NO9/c1-4(14)12-7-5(15)2-11(20,10(18)19)21-9(7)8(17)6(16)3-13/h5-9,13,15-17,20H,2-3H2,1H3,(H,12,14)(H,18,19)/t5-,6-,7+,8-,9+,11-/m1/s1. The van der Waals surface area contributed by atoms with Gasteiger partial charge in [-0.25, -0.2) is 4.79 Å². The monoisotopic (exact) mass is 309 g/mol. The number of carboxylic acid groups (broad SMARTS) is 1. The first kappa shape index (κ1) is 17.8. The maximum absolute atomic E-state index is 11.1. The Morgan fingerprint density at radius 3 is 2.43 bits per heavy atom. The van der Waals surface area contributed by atoms with Crippen molar-refractivity contribution in [1.82, 2.24) is 5.32 Å². The van der Waals surface area contributed by atoms with Gasteiger partial charge in [-0.2, -0.15) is 0 Å². The molecule has 0 bridgehead atoms. The van der Waals surface area contributed by atoms with Crippen LogP contribution in [0.3, 0.4) is 0 Å². The van der Waals surface area contributed by atoms with Crippen LogP contribution in [0.4, 0.5) is 0 Å². The maximum atomic E-state index is 11.1. The SMILES string of the molecule is CC(=O)N[C@@H]1[C@@H]([C@H](O)[C@H](O)CO)O[C@@](O)(C(=O)O)C[C@H]1O. The summed E-state index contributed by atoms with van der Waals surface area (Å²) >= 11 is 0. The number of aliphatic hydroxyl groups is 5. The number of rotatable bonds is 5. The molecule has 1 fully saturated rings. The van der Waals surface area contributed by atoms with E-state index in [-0.39, 0.29) is 0 Å². The lowest BCUT2D eigenvalue weighted by molar-refractivity contribution is -0.295. The average molecular weight is 309 g/mol. The highest BCUT2D eigenvalue weighted by Gasteiger charge is 2.53. The highest BCUT2D eigenvalue weighted by Crippen LogP contribution is 2.30. The molecule has 0 aromatic heterocycles. The van der Waals surface area contributed by atoms with Gasteiger partial charge in [0.2, 0.25) is 5.91 Å². The minimum Gasteiger partial charge on any atom is -0.477 e. The zero-order chi connectivity index (χ0) is 16.4. The van der Waals surface area contributed by atoms with Gasteiger partial charge in [0.25, 0.3) is 5.79 Å². The fourth-order valence-electron chi connectivity index (χ4n) is 2.14. The van der Waals surface area contributed by atoms with Gasteiger partial charge in [-0.15, -0.1) is 0 Å². The Hall–Kier alpha value is -1.30. The van der Waals surface area contributed by atoms with E-state index in [1.165, 1.54) is 0 Å². The number of ether oxygens (including phenoxy) is 1. The van der Waals surface area contributed by atoms with Gasteiger partial charge < -0.3 is 40.7 Å². The Balaban J connectivity index is 3.07.